The van der Waals surface area contributed by atoms with E-state index < -0.39 is 10.9 Å². The summed E-state index contributed by atoms with van der Waals surface area (Å²) in [5.74, 6) is -0.399. The monoisotopic (exact) mass is 328 g/mol. The van der Waals surface area contributed by atoms with Crippen molar-refractivity contribution in [2.75, 3.05) is 32.7 Å². The molecule has 1 aliphatic heterocycles. The van der Waals surface area contributed by atoms with Gasteiger partial charge >= 0.3 is 5.97 Å². The number of nitro groups is 1. The number of fused-ring (bicyclic) bond motifs is 1. The van der Waals surface area contributed by atoms with Gasteiger partial charge in [0.15, 0.2) is 17.2 Å². The summed E-state index contributed by atoms with van der Waals surface area (Å²) in [5.41, 5.74) is -0.123. The zero-order valence-electron chi connectivity index (χ0n) is 14.4. The molecule has 1 aromatic rings. The van der Waals surface area contributed by atoms with Gasteiger partial charge < -0.3 is 19.5 Å². The number of methoxy groups -OCH3 is 1. The van der Waals surface area contributed by atoms with Crippen molar-refractivity contribution in [1.29, 1.82) is 0 Å². The first kappa shape index (κ1) is 20.5. The molecule has 0 unspecified atom stereocenters. The van der Waals surface area contributed by atoms with Crippen LogP contribution in [0.4, 0.5) is 11.4 Å². The molecule has 8 nitrogen and oxygen atoms in total. The van der Waals surface area contributed by atoms with Crippen molar-refractivity contribution in [3.63, 3.8) is 0 Å². The van der Waals surface area contributed by atoms with Crippen molar-refractivity contribution < 1.29 is 23.9 Å². The molecule has 1 aromatic carbocycles. The largest absolute Gasteiger partial charge is 0.485 e. The standard InChI is InChI=1S/C11H12N2O6.2C2H6/c1-12-8-7(13(15)16)5-6(11(14)17-2)9-10(8)19-4-3-18-9;2*1-2/h5,12H,3-4H2,1-2H3;2*1-2H3. The van der Waals surface area contributed by atoms with Crippen LogP contribution in [0, 0.1) is 10.1 Å². The number of ether oxygens (including phenoxy) is 3. The van der Waals surface area contributed by atoms with Crippen molar-refractivity contribution >= 4 is 17.3 Å². The lowest BCUT2D eigenvalue weighted by Crippen LogP contribution is -2.20. The number of esters is 1. The van der Waals surface area contributed by atoms with Crippen LogP contribution in [0.3, 0.4) is 0 Å². The minimum atomic E-state index is -0.715. The van der Waals surface area contributed by atoms with Crippen molar-refractivity contribution in [2.24, 2.45) is 0 Å². The Hall–Kier alpha value is -2.51. The van der Waals surface area contributed by atoms with Gasteiger partial charge in [-0.25, -0.2) is 4.79 Å². The average Bonchev–Trinajstić information content (AvgIpc) is 2.62. The van der Waals surface area contributed by atoms with Gasteiger partial charge in [-0.15, -0.1) is 0 Å². The SMILES string of the molecule is CC.CC.CNc1c([N+](=O)[O-])cc(C(=O)OC)c2c1OCCO2. The Morgan fingerprint density at radius 3 is 2.17 bits per heavy atom. The van der Waals surface area contributed by atoms with Gasteiger partial charge in [0.25, 0.3) is 5.69 Å². The molecule has 130 valence electrons. The fraction of sp³-hybridized carbons (Fsp3) is 0.533. The van der Waals surface area contributed by atoms with Crippen LogP contribution in [0.25, 0.3) is 0 Å². The maximum absolute atomic E-state index is 11.7. The van der Waals surface area contributed by atoms with E-state index in [1.165, 1.54) is 14.2 Å². The first-order valence-corrected chi connectivity index (χ1v) is 7.47. The number of carbonyl (C=O) groups is 1. The Labute approximate surface area is 135 Å². The van der Waals surface area contributed by atoms with E-state index in [9.17, 15) is 14.9 Å². The fourth-order valence-electron chi connectivity index (χ4n) is 1.84. The summed E-state index contributed by atoms with van der Waals surface area (Å²) in [5, 5.41) is 13.7. The topological polar surface area (TPSA) is 99.9 Å². The maximum atomic E-state index is 11.7. The second-order valence-corrected chi connectivity index (χ2v) is 3.67. The van der Waals surface area contributed by atoms with E-state index in [4.69, 9.17) is 9.47 Å². The predicted octanol–water partition coefficient (Wildman–Crippen LogP) is 3.25. The first-order chi connectivity index (χ1) is 11.1. The molecule has 0 aromatic heterocycles. The molecule has 2 rings (SSSR count). The Bertz CT molecular complexity index is 545. The summed E-state index contributed by atoms with van der Waals surface area (Å²) in [6.07, 6.45) is 0. The van der Waals surface area contributed by atoms with Gasteiger partial charge in [-0.05, 0) is 0 Å². The molecule has 0 bridgehead atoms. The number of nitrogens with zero attached hydrogens (tertiary/aromatic N) is 1. The highest BCUT2D eigenvalue weighted by Crippen LogP contribution is 2.46. The first-order valence-electron chi connectivity index (χ1n) is 7.47. The molecule has 0 aliphatic carbocycles. The summed E-state index contributed by atoms with van der Waals surface area (Å²) in [6, 6.07) is 1.12. The Balaban J connectivity index is 0.00000112. The molecule has 8 heteroatoms. The number of nitro benzene ring substituents is 1. The third kappa shape index (κ3) is 4.48. The van der Waals surface area contributed by atoms with Crippen molar-refractivity contribution in [2.45, 2.75) is 27.7 Å². The van der Waals surface area contributed by atoms with Crippen LogP contribution in [0.15, 0.2) is 6.07 Å². The number of rotatable bonds is 3. The molecular weight excluding hydrogens is 304 g/mol. The van der Waals surface area contributed by atoms with Gasteiger partial charge in [-0.3, -0.25) is 10.1 Å². The molecule has 0 saturated carbocycles. The molecule has 1 aliphatic rings. The smallest absolute Gasteiger partial charge is 0.342 e. The average molecular weight is 328 g/mol. The van der Waals surface area contributed by atoms with E-state index in [0.29, 0.717) is 0 Å². The Morgan fingerprint density at radius 1 is 1.22 bits per heavy atom. The number of benzene rings is 1. The molecule has 0 fully saturated rings. The number of hydrogen-bond acceptors (Lipinski definition) is 7. The van der Waals surface area contributed by atoms with Crippen LogP contribution < -0.4 is 14.8 Å². The van der Waals surface area contributed by atoms with Gasteiger partial charge in [0.1, 0.15) is 18.8 Å². The van der Waals surface area contributed by atoms with Crippen molar-refractivity contribution in [1.82, 2.24) is 0 Å². The quantitative estimate of drug-likeness (QED) is 0.516. The van der Waals surface area contributed by atoms with Crippen LogP contribution in [0.2, 0.25) is 0 Å². The van der Waals surface area contributed by atoms with E-state index in [-0.39, 0.29) is 41.7 Å². The summed E-state index contributed by atoms with van der Waals surface area (Å²) in [6.45, 7) is 8.52. The van der Waals surface area contributed by atoms with Crippen molar-refractivity contribution in [3.05, 3.63) is 21.7 Å². The summed E-state index contributed by atoms with van der Waals surface area (Å²) < 4.78 is 15.3. The third-order valence-electron chi connectivity index (χ3n) is 2.64. The molecule has 23 heavy (non-hydrogen) atoms. The maximum Gasteiger partial charge on any atom is 0.342 e. The van der Waals surface area contributed by atoms with Crippen LogP contribution in [0.1, 0.15) is 38.1 Å². The number of nitrogens with one attached hydrogen (secondary N) is 1. The highest BCUT2D eigenvalue weighted by atomic mass is 16.6. The zero-order chi connectivity index (χ0) is 18.0. The van der Waals surface area contributed by atoms with E-state index >= 15 is 0 Å². The Morgan fingerprint density at radius 2 is 1.74 bits per heavy atom. The van der Waals surface area contributed by atoms with Crippen LogP contribution >= 0.6 is 0 Å². The van der Waals surface area contributed by atoms with Crippen LogP contribution in [-0.4, -0.2) is 38.3 Å². The lowest BCUT2D eigenvalue weighted by molar-refractivity contribution is -0.384. The molecule has 0 amide bonds. The summed E-state index contributed by atoms with van der Waals surface area (Å²) in [4.78, 5) is 22.1. The normalized spacial score (nSPS) is 11.0. The molecule has 0 spiro atoms. The van der Waals surface area contributed by atoms with Gasteiger partial charge in [-0.1, -0.05) is 27.7 Å². The zero-order valence-corrected chi connectivity index (χ0v) is 14.4. The molecular formula is C15H24N2O6. The number of carbonyl (C=O) groups excluding carboxylic acids is 1. The predicted molar refractivity (Wildman–Crippen MR) is 87.7 cm³/mol. The van der Waals surface area contributed by atoms with Crippen molar-refractivity contribution in [3.8, 4) is 11.5 Å². The molecule has 0 saturated heterocycles. The van der Waals surface area contributed by atoms with E-state index in [0.717, 1.165) is 6.07 Å². The van der Waals surface area contributed by atoms with E-state index in [1.54, 1.807) is 0 Å². The second kappa shape index (κ2) is 10.3. The lowest BCUT2D eigenvalue weighted by Gasteiger charge is -2.22. The molecule has 0 atom stereocenters. The summed E-state index contributed by atoms with van der Waals surface area (Å²) in [7, 11) is 2.72. The minimum Gasteiger partial charge on any atom is -0.485 e. The summed E-state index contributed by atoms with van der Waals surface area (Å²) >= 11 is 0. The number of hydrogen-bond donors (Lipinski definition) is 1. The minimum absolute atomic E-state index is 0.0251. The molecule has 0 radical (unpaired) electrons. The fourth-order valence-corrected chi connectivity index (χ4v) is 1.84. The molecule has 1 heterocycles. The Kier molecular flexibility index (Phi) is 9.14. The highest BCUT2D eigenvalue weighted by molar-refractivity contribution is 5.97. The highest BCUT2D eigenvalue weighted by Gasteiger charge is 2.31. The van der Waals surface area contributed by atoms with Crippen LogP contribution in [0.5, 0.6) is 11.5 Å². The third-order valence-corrected chi connectivity index (χ3v) is 2.64. The second-order valence-electron chi connectivity index (χ2n) is 3.67. The van der Waals surface area contributed by atoms with Crippen LogP contribution in [-0.2, 0) is 4.74 Å². The lowest BCUT2D eigenvalue weighted by atomic mass is 10.1. The van der Waals surface area contributed by atoms with Gasteiger partial charge in [0, 0.05) is 13.1 Å². The van der Waals surface area contributed by atoms with Gasteiger partial charge in [-0.2, -0.15) is 0 Å². The van der Waals surface area contributed by atoms with Gasteiger partial charge in [0.05, 0.1) is 12.0 Å². The van der Waals surface area contributed by atoms with E-state index in [2.05, 4.69) is 10.1 Å². The molecule has 1 N–H and O–H groups in total. The van der Waals surface area contributed by atoms with Gasteiger partial charge in [0.2, 0.25) is 0 Å². The van der Waals surface area contributed by atoms with E-state index in [1.807, 2.05) is 27.7 Å². The number of anilines is 1.